The third-order valence-corrected chi connectivity index (χ3v) is 7.57. The van der Waals surface area contributed by atoms with Crippen molar-refractivity contribution >= 4 is 23.1 Å². The number of benzene rings is 2. The minimum atomic E-state index is 0.726. The number of hydrogen-bond acceptors (Lipinski definition) is 6. The van der Waals surface area contributed by atoms with Crippen LogP contribution in [-0.2, 0) is 18.6 Å². The van der Waals surface area contributed by atoms with Crippen LogP contribution in [-0.4, -0.2) is 24.7 Å². The van der Waals surface area contributed by atoms with E-state index in [1.165, 1.54) is 16.8 Å². The van der Waals surface area contributed by atoms with Crippen LogP contribution in [0.25, 0.3) is 27.6 Å². The molecule has 0 spiro atoms. The van der Waals surface area contributed by atoms with Crippen LogP contribution >= 0.6 is 23.1 Å². The minimum absolute atomic E-state index is 0.726. The number of hydrogen-bond donors (Lipinski definition) is 0. The number of rotatable bonds is 8. The van der Waals surface area contributed by atoms with Crippen LogP contribution in [0.4, 0.5) is 0 Å². The first-order valence-electron chi connectivity index (χ1n) is 11.4. The standard InChI is InChI=1S/C27H25N5S2/c1-3-19-12-8-13-20(4-2)24(19)32-25(22-14-9-15-28-16-22)30-31-27(32)34-18-23-17-33-26(29-23)21-10-6-5-7-11-21/h5-17H,3-4,18H2,1-2H3. The minimum Gasteiger partial charge on any atom is -0.269 e. The number of para-hydroxylation sites is 1. The van der Waals surface area contributed by atoms with Crippen LogP contribution in [0.5, 0.6) is 0 Å². The van der Waals surface area contributed by atoms with E-state index in [2.05, 4.69) is 69.3 Å². The quantitative estimate of drug-likeness (QED) is 0.225. The first-order chi connectivity index (χ1) is 16.8. The molecule has 2 aromatic carbocycles. The molecule has 0 bridgehead atoms. The fraction of sp³-hybridized carbons (Fsp3) is 0.185. The van der Waals surface area contributed by atoms with Crippen molar-refractivity contribution in [2.45, 2.75) is 37.6 Å². The zero-order chi connectivity index (χ0) is 23.3. The van der Waals surface area contributed by atoms with Gasteiger partial charge in [-0.3, -0.25) is 9.55 Å². The Morgan fingerprint density at radius 3 is 2.32 bits per heavy atom. The molecule has 0 saturated heterocycles. The van der Waals surface area contributed by atoms with Crippen LogP contribution in [0.1, 0.15) is 30.7 Å². The molecule has 0 saturated carbocycles. The van der Waals surface area contributed by atoms with E-state index in [9.17, 15) is 0 Å². The van der Waals surface area contributed by atoms with Crippen molar-refractivity contribution in [1.82, 2.24) is 24.7 Å². The second-order valence-electron chi connectivity index (χ2n) is 7.81. The van der Waals surface area contributed by atoms with Gasteiger partial charge < -0.3 is 0 Å². The van der Waals surface area contributed by atoms with Crippen molar-refractivity contribution in [3.63, 3.8) is 0 Å². The van der Waals surface area contributed by atoms with Crippen molar-refractivity contribution in [2.75, 3.05) is 0 Å². The van der Waals surface area contributed by atoms with Crippen LogP contribution < -0.4 is 0 Å². The van der Waals surface area contributed by atoms with Gasteiger partial charge >= 0.3 is 0 Å². The van der Waals surface area contributed by atoms with E-state index in [1.807, 2.05) is 36.5 Å². The lowest BCUT2D eigenvalue weighted by Crippen LogP contribution is -2.07. The molecule has 0 radical (unpaired) electrons. The smallest absolute Gasteiger partial charge is 0.196 e. The maximum absolute atomic E-state index is 4.86. The lowest BCUT2D eigenvalue weighted by Gasteiger charge is -2.17. The Kier molecular flexibility index (Phi) is 6.83. The first kappa shape index (κ1) is 22.5. The van der Waals surface area contributed by atoms with Gasteiger partial charge in [0.25, 0.3) is 0 Å². The molecule has 0 N–H and O–H groups in total. The molecule has 5 aromatic rings. The molecule has 3 heterocycles. The number of pyridine rings is 1. The van der Waals surface area contributed by atoms with E-state index < -0.39 is 0 Å². The Balaban J connectivity index is 1.53. The Morgan fingerprint density at radius 2 is 1.62 bits per heavy atom. The zero-order valence-electron chi connectivity index (χ0n) is 19.2. The molecule has 0 aliphatic carbocycles. The summed E-state index contributed by atoms with van der Waals surface area (Å²) in [5.41, 5.74) is 6.90. The molecule has 0 fully saturated rings. The zero-order valence-corrected chi connectivity index (χ0v) is 20.8. The van der Waals surface area contributed by atoms with E-state index in [-0.39, 0.29) is 0 Å². The van der Waals surface area contributed by atoms with Gasteiger partial charge in [0.2, 0.25) is 0 Å². The Labute approximate surface area is 208 Å². The van der Waals surface area contributed by atoms with Crippen molar-refractivity contribution in [2.24, 2.45) is 0 Å². The molecule has 5 nitrogen and oxygen atoms in total. The third-order valence-electron chi connectivity index (χ3n) is 5.66. The van der Waals surface area contributed by atoms with Gasteiger partial charge in [0.15, 0.2) is 11.0 Å². The highest BCUT2D eigenvalue weighted by molar-refractivity contribution is 7.98. The van der Waals surface area contributed by atoms with Crippen molar-refractivity contribution in [1.29, 1.82) is 0 Å². The highest BCUT2D eigenvalue weighted by Crippen LogP contribution is 2.34. The molecule has 0 unspecified atom stereocenters. The molecule has 170 valence electrons. The SMILES string of the molecule is CCc1cccc(CC)c1-n1c(SCc2csc(-c3ccccc3)n2)nnc1-c1cccnc1. The summed E-state index contributed by atoms with van der Waals surface area (Å²) in [5, 5.41) is 13.3. The van der Waals surface area contributed by atoms with Crippen molar-refractivity contribution in [3.05, 3.63) is 95.3 Å². The van der Waals surface area contributed by atoms with Gasteiger partial charge in [0.1, 0.15) is 5.01 Å². The van der Waals surface area contributed by atoms with E-state index in [0.717, 1.165) is 51.4 Å². The predicted molar refractivity (Wildman–Crippen MR) is 140 cm³/mol. The average molecular weight is 484 g/mol. The Hall–Kier alpha value is -3.29. The second-order valence-corrected chi connectivity index (χ2v) is 9.61. The van der Waals surface area contributed by atoms with Crippen LogP contribution in [0.2, 0.25) is 0 Å². The molecule has 7 heteroatoms. The summed E-state index contributed by atoms with van der Waals surface area (Å²) in [7, 11) is 0. The van der Waals surface area contributed by atoms with Crippen molar-refractivity contribution in [3.8, 4) is 27.6 Å². The topological polar surface area (TPSA) is 56.5 Å². The van der Waals surface area contributed by atoms with Gasteiger partial charge in [0.05, 0.1) is 11.4 Å². The number of nitrogens with zero attached hydrogens (tertiary/aromatic N) is 5. The highest BCUT2D eigenvalue weighted by atomic mass is 32.2. The first-order valence-corrected chi connectivity index (χ1v) is 13.2. The van der Waals surface area contributed by atoms with Crippen LogP contribution in [0.3, 0.4) is 0 Å². The maximum Gasteiger partial charge on any atom is 0.196 e. The average Bonchev–Trinajstić information content (AvgIpc) is 3.55. The second kappa shape index (κ2) is 10.3. The normalized spacial score (nSPS) is 11.1. The fourth-order valence-corrected chi connectivity index (χ4v) is 5.74. The van der Waals surface area contributed by atoms with Gasteiger partial charge in [-0.25, -0.2) is 4.98 Å². The predicted octanol–water partition coefficient (Wildman–Crippen LogP) is 6.87. The summed E-state index contributed by atoms with van der Waals surface area (Å²) in [6.45, 7) is 4.39. The fourth-order valence-electron chi connectivity index (χ4n) is 3.97. The molecule has 34 heavy (non-hydrogen) atoms. The largest absolute Gasteiger partial charge is 0.269 e. The lowest BCUT2D eigenvalue weighted by molar-refractivity contribution is 0.857. The molecule has 0 aliphatic heterocycles. The summed E-state index contributed by atoms with van der Waals surface area (Å²) in [5.74, 6) is 1.54. The molecule has 0 aliphatic rings. The summed E-state index contributed by atoms with van der Waals surface area (Å²) in [6, 6.07) is 20.8. The lowest BCUT2D eigenvalue weighted by atomic mass is 10.0. The number of aryl methyl sites for hydroxylation is 2. The Morgan fingerprint density at radius 1 is 0.853 bits per heavy atom. The molecule has 0 amide bonds. The molecule has 0 atom stereocenters. The summed E-state index contributed by atoms with van der Waals surface area (Å²) < 4.78 is 2.21. The Bertz CT molecular complexity index is 1350. The molecule has 5 rings (SSSR count). The van der Waals surface area contributed by atoms with Gasteiger partial charge in [-0.15, -0.1) is 21.5 Å². The van der Waals surface area contributed by atoms with E-state index >= 15 is 0 Å². The molecule has 3 aromatic heterocycles. The van der Waals surface area contributed by atoms with Crippen LogP contribution in [0.15, 0.2) is 83.6 Å². The van der Waals surface area contributed by atoms with Crippen LogP contribution in [0, 0.1) is 0 Å². The third kappa shape index (κ3) is 4.54. The number of thiazole rings is 1. The van der Waals surface area contributed by atoms with Gasteiger partial charge in [-0.2, -0.15) is 0 Å². The van der Waals surface area contributed by atoms with E-state index in [0.29, 0.717) is 0 Å². The summed E-state index contributed by atoms with van der Waals surface area (Å²) >= 11 is 3.35. The number of thioether (sulfide) groups is 1. The molecular weight excluding hydrogens is 458 g/mol. The number of aromatic nitrogens is 5. The van der Waals surface area contributed by atoms with E-state index in [4.69, 9.17) is 4.98 Å². The van der Waals surface area contributed by atoms with Gasteiger partial charge in [-0.05, 0) is 36.1 Å². The summed E-state index contributed by atoms with van der Waals surface area (Å²) in [6.07, 6.45) is 5.50. The molecular formula is C27H25N5S2. The van der Waals surface area contributed by atoms with Crippen molar-refractivity contribution < 1.29 is 0 Å². The van der Waals surface area contributed by atoms with E-state index in [1.54, 1.807) is 29.3 Å². The van der Waals surface area contributed by atoms with Gasteiger partial charge in [0, 0.05) is 34.7 Å². The summed E-state index contributed by atoms with van der Waals surface area (Å²) in [4.78, 5) is 9.18. The maximum atomic E-state index is 4.86. The monoisotopic (exact) mass is 483 g/mol. The van der Waals surface area contributed by atoms with Gasteiger partial charge in [-0.1, -0.05) is 74.1 Å². The highest BCUT2D eigenvalue weighted by Gasteiger charge is 2.21.